The lowest BCUT2D eigenvalue weighted by atomic mass is 10.4. The van der Waals surface area contributed by atoms with Gasteiger partial charge in [0.05, 0.1) is 12.1 Å². The highest BCUT2D eigenvalue weighted by molar-refractivity contribution is 7.09. The maximum Gasteiger partial charge on any atom is 0.0794 e. The second-order valence-corrected chi connectivity index (χ2v) is 4.77. The van der Waals surface area contributed by atoms with Crippen LogP contribution < -0.4 is 5.32 Å². The molecule has 92 valence electrons. The minimum Gasteiger partial charge on any atom is -0.383 e. The number of hydrogen-bond donors (Lipinski definition) is 1. The molecule has 0 aliphatic heterocycles. The molecule has 0 aliphatic carbocycles. The number of thiazole rings is 1. The van der Waals surface area contributed by atoms with E-state index in [2.05, 4.69) is 22.2 Å². The molecule has 0 amide bonds. The van der Waals surface area contributed by atoms with Gasteiger partial charge in [-0.05, 0) is 26.6 Å². The summed E-state index contributed by atoms with van der Waals surface area (Å²) in [7, 11) is 3.87. The van der Waals surface area contributed by atoms with Crippen molar-refractivity contribution in [2.45, 2.75) is 13.0 Å². The summed E-state index contributed by atoms with van der Waals surface area (Å²) in [6, 6.07) is 0. The van der Waals surface area contributed by atoms with Gasteiger partial charge in [0.1, 0.15) is 0 Å². The Kier molecular flexibility index (Phi) is 7.33. The number of aromatic nitrogens is 1. The normalized spacial score (nSPS) is 11.2. The predicted molar refractivity (Wildman–Crippen MR) is 67.8 cm³/mol. The summed E-state index contributed by atoms with van der Waals surface area (Å²) in [5.41, 5.74) is 1.87. The molecule has 0 aromatic carbocycles. The van der Waals surface area contributed by atoms with Crippen LogP contribution in [0.1, 0.15) is 11.3 Å². The molecular weight excluding hydrogens is 222 g/mol. The van der Waals surface area contributed by atoms with Crippen LogP contribution in [-0.4, -0.2) is 50.3 Å². The van der Waals surface area contributed by atoms with Gasteiger partial charge in [0.15, 0.2) is 0 Å². The average Bonchev–Trinajstić information content (AvgIpc) is 2.79. The fraction of sp³-hybridized carbons (Fsp3) is 0.727. The molecule has 1 aromatic rings. The molecular formula is C11H21N3OS. The Morgan fingerprint density at radius 3 is 3.06 bits per heavy atom. The van der Waals surface area contributed by atoms with Crippen LogP contribution in [0.5, 0.6) is 0 Å². The van der Waals surface area contributed by atoms with Crippen molar-refractivity contribution in [3.05, 3.63) is 16.6 Å². The number of nitrogens with one attached hydrogen (secondary N) is 1. The molecule has 0 saturated heterocycles. The zero-order valence-corrected chi connectivity index (χ0v) is 10.9. The van der Waals surface area contributed by atoms with E-state index in [0.29, 0.717) is 0 Å². The topological polar surface area (TPSA) is 37.4 Å². The fourth-order valence-corrected chi connectivity index (χ4v) is 1.94. The highest BCUT2D eigenvalue weighted by Crippen LogP contribution is 2.03. The second kappa shape index (κ2) is 8.64. The Bertz CT molecular complexity index is 254. The Labute approximate surface area is 102 Å². The van der Waals surface area contributed by atoms with Crippen molar-refractivity contribution in [1.82, 2.24) is 15.2 Å². The van der Waals surface area contributed by atoms with Crippen molar-refractivity contribution in [2.75, 3.05) is 40.4 Å². The van der Waals surface area contributed by atoms with E-state index in [1.165, 1.54) is 11.3 Å². The van der Waals surface area contributed by atoms with Crippen LogP contribution in [0.3, 0.4) is 0 Å². The third kappa shape index (κ3) is 6.17. The molecule has 0 unspecified atom stereocenters. The van der Waals surface area contributed by atoms with Gasteiger partial charge in [-0.1, -0.05) is 0 Å². The van der Waals surface area contributed by atoms with Crippen LogP contribution in [0.2, 0.25) is 0 Å². The summed E-state index contributed by atoms with van der Waals surface area (Å²) >= 11 is 1.70. The van der Waals surface area contributed by atoms with E-state index >= 15 is 0 Å². The number of hydrogen-bond acceptors (Lipinski definition) is 5. The van der Waals surface area contributed by atoms with Crippen molar-refractivity contribution in [1.29, 1.82) is 0 Å². The molecule has 1 aromatic heterocycles. The van der Waals surface area contributed by atoms with Crippen LogP contribution in [0.25, 0.3) is 0 Å². The van der Waals surface area contributed by atoms with Crippen LogP contribution in [0.4, 0.5) is 0 Å². The summed E-state index contributed by atoms with van der Waals surface area (Å²) in [6.45, 7) is 4.91. The van der Waals surface area contributed by atoms with Crippen LogP contribution in [0, 0.1) is 0 Å². The molecule has 1 rings (SSSR count). The smallest absolute Gasteiger partial charge is 0.0794 e. The first-order chi connectivity index (χ1) is 7.83. The van der Waals surface area contributed by atoms with E-state index in [1.807, 2.05) is 11.7 Å². The molecule has 0 atom stereocenters. The van der Waals surface area contributed by atoms with Crippen molar-refractivity contribution >= 4 is 11.3 Å². The lowest BCUT2D eigenvalue weighted by Gasteiger charge is -2.15. The summed E-state index contributed by atoms with van der Waals surface area (Å²) < 4.78 is 5.03. The van der Waals surface area contributed by atoms with Gasteiger partial charge in [-0.3, -0.25) is 4.98 Å². The maximum atomic E-state index is 5.03. The first-order valence-corrected chi connectivity index (χ1v) is 6.46. The fourth-order valence-electron chi connectivity index (χ4n) is 1.37. The van der Waals surface area contributed by atoms with Crippen molar-refractivity contribution in [2.24, 2.45) is 0 Å². The number of methoxy groups -OCH3 is 1. The zero-order valence-electron chi connectivity index (χ0n) is 10.1. The number of nitrogens with zero attached hydrogens (tertiary/aromatic N) is 2. The van der Waals surface area contributed by atoms with Gasteiger partial charge in [-0.25, -0.2) is 0 Å². The minimum absolute atomic E-state index is 0.810. The van der Waals surface area contributed by atoms with Gasteiger partial charge in [-0.2, -0.15) is 0 Å². The highest BCUT2D eigenvalue weighted by atomic mass is 32.1. The standard InChI is InChI=1S/C11H21N3OS/c1-14(6-7-15-2)5-3-4-12-8-11-9-13-10-16-11/h9-10,12H,3-8H2,1-2H3. The monoisotopic (exact) mass is 243 g/mol. The second-order valence-electron chi connectivity index (χ2n) is 3.79. The molecule has 0 fully saturated rings. The lowest BCUT2D eigenvalue weighted by Crippen LogP contribution is -2.26. The Balaban J connectivity index is 1.91. The first kappa shape index (κ1) is 13.6. The summed E-state index contributed by atoms with van der Waals surface area (Å²) in [4.78, 5) is 7.63. The molecule has 0 saturated carbocycles. The summed E-state index contributed by atoms with van der Waals surface area (Å²) in [6.07, 6.45) is 3.08. The SMILES string of the molecule is COCCN(C)CCCNCc1cncs1. The quantitative estimate of drug-likeness (QED) is 0.661. The van der Waals surface area contributed by atoms with E-state index in [4.69, 9.17) is 4.74 Å². The number of ether oxygens (including phenoxy) is 1. The molecule has 0 radical (unpaired) electrons. The Morgan fingerprint density at radius 2 is 2.38 bits per heavy atom. The molecule has 0 spiro atoms. The molecule has 1 N–H and O–H groups in total. The number of rotatable bonds is 9. The van der Waals surface area contributed by atoms with Crippen LogP contribution in [0.15, 0.2) is 11.7 Å². The van der Waals surface area contributed by atoms with E-state index in [1.54, 1.807) is 18.4 Å². The summed E-state index contributed by atoms with van der Waals surface area (Å²) in [5, 5.41) is 3.41. The largest absolute Gasteiger partial charge is 0.383 e. The molecule has 1 heterocycles. The molecule has 0 bridgehead atoms. The van der Waals surface area contributed by atoms with Gasteiger partial charge in [0.2, 0.25) is 0 Å². The van der Waals surface area contributed by atoms with Crippen molar-refractivity contribution in [3.8, 4) is 0 Å². The van der Waals surface area contributed by atoms with Gasteiger partial charge in [0.25, 0.3) is 0 Å². The summed E-state index contributed by atoms with van der Waals surface area (Å²) in [5.74, 6) is 0. The molecule has 0 aliphatic rings. The van der Waals surface area contributed by atoms with E-state index in [0.717, 1.165) is 32.8 Å². The van der Waals surface area contributed by atoms with Crippen LogP contribution in [-0.2, 0) is 11.3 Å². The Hall–Kier alpha value is -0.490. The first-order valence-electron chi connectivity index (χ1n) is 5.58. The Morgan fingerprint density at radius 1 is 1.50 bits per heavy atom. The molecule has 5 heteroatoms. The van der Waals surface area contributed by atoms with E-state index in [-0.39, 0.29) is 0 Å². The van der Waals surface area contributed by atoms with E-state index < -0.39 is 0 Å². The average molecular weight is 243 g/mol. The lowest BCUT2D eigenvalue weighted by molar-refractivity contribution is 0.160. The van der Waals surface area contributed by atoms with Gasteiger partial charge >= 0.3 is 0 Å². The molecule has 4 nitrogen and oxygen atoms in total. The van der Waals surface area contributed by atoms with Crippen molar-refractivity contribution in [3.63, 3.8) is 0 Å². The van der Waals surface area contributed by atoms with Gasteiger partial charge in [-0.15, -0.1) is 11.3 Å². The third-order valence-corrected chi connectivity index (χ3v) is 3.13. The highest BCUT2D eigenvalue weighted by Gasteiger charge is 1.97. The van der Waals surface area contributed by atoms with Gasteiger partial charge in [0, 0.05) is 31.3 Å². The van der Waals surface area contributed by atoms with Gasteiger partial charge < -0.3 is 15.0 Å². The van der Waals surface area contributed by atoms with Crippen molar-refractivity contribution < 1.29 is 4.74 Å². The molecule has 16 heavy (non-hydrogen) atoms. The minimum atomic E-state index is 0.810. The predicted octanol–water partition coefficient (Wildman–Crippen LogP) is 1.20. The van der Waals surface area contributed by atoms with Crippen LogP contribution >= 0.6 is 11.3 Å². The van der Waals surface area contributed by atoms with E-state index in [9.17, 15) is 0 Å². The third-order valence-electron chi connectivity index (χ3n) is 2.35. The maximum absolute atomic E-state index is 5.03. The number of likely N-dealkylation sites (N-methyl/N-ethyl adjacent to an activating group) is 1. The zero-order chi connectivity index (χ0) is 11.6.